The molecule has 152 valence electrons. The van der Waals surface area contributed by atoms with E-state index < -0.39 is 30.5 Å². The van der Waals surface area contributed by atoms with Gasteiger partial charge in [0.05, 0.1) is 13.7 Å². The minimum atomic E-state index is -6.07. The van der Waals surface area contributed by atoms with Crippen LogP contribution in [0.5, 0.6) is 0 Å². The highest BCUT2D eigenvalue weighted by Gasteiger charge is 2.78. The first kappa shape index (κ1) is 22.0. The van der Waals surface area contributed by atoms with Gasteiger partial charge in [-0.25, -0.2) is 4.79 Å². The molecule has 0 atom stereocenters. The fraction of sp³-hybridized carbons (Fsp3) is 0.278. The molecular weight excluding hydrogens is 414 g/mol. The van der Waals surface area contributed by atoms with Crippen LogP contribution in [0.1, 0.15) is 5.56 Å². The summed E-state index contributed by atoms with van der Waals surface area (Å²) in [4.78, 5) is 11.4. The van der Waals surface area contributed by atoms with Gasteiger partial charge in [-0.15, -0.1) is 0 Å². The second kappa shape index (κ2) is 8.00. The molecule has 2 rings (SSSR count). The van der Waals surface area contributed by atoms with E-state index in [2.05, 4.69) is 9.47 Å². The zero-order valence-electron chi connectivity index (χ0n) is 14.2. The third-order valence-electron chi connectivity index (χ3n) is 3.86. The monoisotopic (exact) mass is 426 g/mol. The van der Waals surface area contributed by atoms with Gasteiger partial charge in [-0.05, 0) is 28.8 Å². The number of alkyl halides is 6. The third kappa shape index (κ3) is 4.25. The lowest BCUT2D eigenvalue weighted by atomic mass is 10.0. The number of hydrogen-bond acceptors (Lipinski definition) is 3. The molecule has 2 aromatic carbocycles. The number of rotatable bonds is 5. The molecule has 0 aliphatic carbocycles. The van der Waals surface area contributed by atoms with Gasteiger partial charge in [0, 0.05) is 5.02 Å². The van der Waals surface area contributed by atoms with Crippen molar-refractivity contribution in [2.75, 3.05) is 7.11 Å². The van der Waals surface area contributed by atoms with Gasteiger partial charge in [0.25, 0.3) is 0 Å². The summed E-state index contributed by atoms with van der Waals surface area (Å²) in [7, 11) is 0.416. The Kier molecular flexibility index (Phi) is 6.30. The summed E-state index contributed by atoms with van der Waals surface area (Å²) in [5.74, 6) is -2.59. The van der Waals surface area contributed by atoms with Crippen LogP contribution in [-0.2, 0) is 20.9 Å². The average molecular weight is 427 g/mol. The maximum atomic E-state index is 13.2. The lowest BCUT2D eigenvalue weighted by Crippen LogP contribution is -2.64. The van der Waals surface area contributed by atoms with E-state index in [0.717, 1.165) is 5.56 Å². The molecule has 0 radical (unpaired) electrons. The number of hydrogen-bond donors (Lipinski definition) is 0. The Labute approximate surface area is 160 Å². The molecule has 3 nitrogen and oxygen atoms in total. The largest absolute Gasteiger partial charge is 0.466 e. The predicted molar refractivity (Wildman–Crippen MR) is 88.5 cm³/mol. The first-order chi connectivity index (χ1) is 12.9. The number of carbonyl (C=O) groups is 1. The number of halogens is 7. The molecule has 2 aromatic rings. The van der Waals surface area contributed by atoms with Crippen molar-refractivity contribution in [3.05, 3.63) is 59.1 Å². The average Bonchev–Trinajstić information content (AvgIpc) is 2.61. The van der Waals surface area contributed by atoms with Gasteiger partial charge in [-0.3, -0.25) is 0 Å². The molecule has 0 heterocycles. The SMILES string of the molecule is COC(=O)C(OCc1ccc(-c2ccc(Cl)cc2)cc1)(C(F)(F)F)C(F)(F)F. The van der Waals surface area contributed by atoms with E-state index in [9.17, 15) is 31.1 Å². The minimum absolute atomic E-state index is 0.000471. The summed E-state index contributed by atoms with van der Waals surface area (Å²) in [6.45, 7) is -1.12. The highest BCUT2D eigenvalue weighted by molar-refractivity contribution is 6.30. The number of methoxy groups -OCH3 is 1. The third-order valence-corrected chi connectivity index (χ3v) is 4.11. The van der Waals surface area contributed by atoms with Crippen molar-refractivity contribution in [3.63, 3.8) is 0 Å². The Morgan fingerprint density at radius 1 is 0.857 bits per heavy atom. The Hall–Kier alpha value is -2.26. The van der Waals surface area contributed by atoms with Gasteiger partial charge < -0.3 is 9.47 Å². The Morgan fingerprint density at radius 2 is 1.29 bits per heavy atom. The lowest BCUT2D eigenvalue weighted by Gasteiger charge is -2.34. The summed E-state index contributed by atoms with van der Waals surface area (Å²) >= 11 is 5.78. The predicted octanol–water partition coefficient (Wildman–Crippen LogP) is 5.56. The van der Waals surface area contributed by atoms with Crippen LogP contribution in [0.4, 0.5) is 26.3 Å². The zero-order chi connectivity index (χ0) is 21.2. The minimum Gasteiger partial charge on any atom is -0.466 e. The maximum Gasteiger partial charge on any atom is 0.437 e. The molecule has 0 spiro atoms. The van der Waals surface area contributed by atoms with Crippen molar-refractivity contribution in [2.45, 2.75) is 24.6 Å². The fourth-order valence-electron chi connectivity index (χ4n) is 2.39. The molecular formula is C18H13ClF6O3. The summed E-state index contributed by atoms with van der Waals surface area (Å²) in [5.41, 5.74) is -3.68. The van der Waals surface area contributed by atoms with Gasteiger partial charge in [0.2, 0.25) is 0 Å². The van der Waals surface area contributed by atoms with Crippen LogP contribution in [0.15, 0.2) is 48.5 Å². The van der Waals surface area contributed by atoms with Crippen LogP contribution < -0.4 is 0 Å². The zero-order valence-corrected chi connectivity index (χ0v) is 15.0. The molecule has 10 heteroatoms. The quantitative estimate of drug-likeness (QED) is 0.464. The summed E-state index contributed by atoms with van der Waals surface area (Å²) in [6.07, 6.45) is -12.1. The molecule has 0 saturated heterocycles. The van der Waals surface area contributed by atoms with E-state index in [1.54, 1.807) is 24.3 Å². The molecule has 0 saturated carbocycles. The first-order valence-electron chi connectivity index (χ1n) is 7.63. The van der Waals surface area contributed by atoms with Crippen molar-refractivity contribution in [3.8, 4) is 11.1 Å². The van der Waals surface area contributed by atoms with Crippen LogP contribution in [0.2, 0.25) is 5.02 Å². The van der Waals surface area contributed by atoms with Crippen molar-refractivity contribution in [1.82, 2.24) is 0 Å². The lowest BCUT2D eigenvalue weighted by molar-refractivity contribution is -0.371. The number of benzene rings is 2. The van der Waals surface area contributed by atoms with Crippen LogP contribution >= 0.6 is 11.6 Å². The molecule has 0 unspecified atom stereocenters. The molecule has 0 bridgehead atoms. The molecule has 0 aliphatic rings. The second-order valence-electron chi connectivity index (χ2n) is 5.66. The highest BCUT2D eigenvalue weighted by atomic mass is 35.5. The maximum absolute atomic E-state index is 13.2. The van der Waals surface area contributed by atoms with E-state index in [1.165, 1.54) is 24.3 Å². The van der Waals surface area contributed by atoms with E-state index in [-0.39, 0.29) is 5.56 Å². The molecule has 0 fully saturated rings. The van der Waals surface area contributed by atoms with Crippen LogP contribution in [0, 0.1) is 0 Å². The van der Waals surface area contributed by atoms with Crippen molar-refractivity contribution < 1.29 is 40.6 Å². The van der Waals surface area contributed by atoms with Gasteiger partial charge in [0.1, 0.15) is 0 Å². The van der Waals surface area contributed by atoms with E-state index >= 15 is 0 Å². The Morgan fingerprint density at radius 3 is 1.68 bits per heavy atom. The van der Waals surface area contributed by atoms with Crippen molar-refractivity contribution in [1.29, 1.82) is 0 Å². The van der Waals surface area contributed by atoms with Gasteiger partial charge in [-0.1, -0.05) is 48.0 Å². The second-order valence-corrected chi connectivity index (χ2v) is 6.10. The highest BCUT2D eigenvalue weighted by Crippen LogP contribution is 2.47. The number of esters is 1. The first-order valence-corrected chi connectivity index (χ1v) is 8.01. The standard InChI is InChI=1S/C18H13ClF6O3/c1-27-15(26)16(17(20,21)22,18(23,24)25)28-10-11-2-4-12(5-3-11)13-6-8-14(19)9-7-13/h2-9H,10H2,1H3. The van der Waals surface area contributed by atoms with Crippen LogP contribution in [0.25, 0.3) is 11.1 Å². The smallest absolute Gasteiger partial charge is 0.437 e. The van der Waals surface area contributed by atoms with E-state index in [0.29, 0.717) is 17.7 Å². The molecule has 0 aliphatic heterocycles. The normalized spacial score (nSPS) is 12.7. The Bertz CT molecular complexity index is 799. The molecule has 28 heavy (non-hydrogen) atoms. The van der Waals surface area contributed by atoms with Crippen LogP contribution in [0.3, 0.4) is 0 Å². The summed E-state index contributed by atoms with van der Waals surface area (Å²) < 4.78 is 86.9. The van der Waals surface area contributed by atoms with Gasteiger partial charge >= 0.3 is 23.9 Å². The van der Waals surface area contributed by atoms with Gasteiger partial charge in [0.15, 0.2) is 0 Å². The fourth-order valence-corrected chi connectivity index (χ4v) is 2.51. The molecule has 0 amide bonds. The topological polar surface area (TPSA) is 35.5 Å². The Balaban J connectivity index is 2.28. The van der Waals surface area contributed by atoms with E-state index in [1.807, 2.05) is 0 Å². The van der Waals surface area contributed by atoms with Crippen LogP contribution in [-0.4, -0.2) is 31.0 Å². The summed E-state index contributed by atoms with van der Waals surface area (Å²) in [5, 5.41) is 0.507. The van der Waals surface area contributed by atoms with E-state index in [4.69, 9.17) is 11.6 Å². The molecule has 0 N–H and O–H groups in total. The number of carbonyl (C=O) groups excluding carboxylic acids is 1. The molecule has 0 aromatic heterocycles. The van der Waals surface area contributed by atoms with Crippen molar-refractivity contribution >= 4 is 17.6 Å². The van der Waals surface area contributed by atoms with Crippen molar-refractivity contribution in [2.24, 2.45) is 0 Å². The number of ether oxygens (including phenoxy) is 2. The van der Waals surface area contributed by atoms with Gasteiger partial charge in [-0.2, -0.15) is 26.3 Å². The summed E-state index contributed by atoms with van der Waals surface area (Å²) in [6, 6.07) is 12.2.